The lowest BCUT2D eigenvalue weighted by Gasteiger charge is -2.01. The number of benzene rings is 1. The highest BCUT2D eigenvalue weighted by Crippen LogP contribution is 2.32. The predicted octanol–water partition coefficient (Wildman–Crippen LogP) is 3.32. The number of rotatable bonds is 0. The zero-order chi connectivity index (χ0) is 8.72. The van der Waals surface area contributed by atoms with Gasteiger partial charge in [-0.3, -0.25) is 0 Å². The van der Waals surface area contributed by atoms with E-state index in [1.54, 1.807) is 12.1 Å². The maximum atomic E-state index is 12.9. The summed E-state index contributed by atoms with van der Waals surface area (Å²) < 4.78 is 13.9. The van der Waals surface area contributed by atoms with Gasteiger partial charge in [0.1, 0.15) is 5.82 Å². The summed E-state index contributed by atoms with van der Waals surface area (Å²) in [5, 5.41) is 0. The minimum absolute atomic E-state index is 0.130. The summed E-state index contributed by atoms with van der Waals surface area (Å²) in [7, 11) is 0. The first-order chi connectivity index (χ1) is 5.66. The Kier molecular flexibility index (Phi) is 1.95. The Balaban J connectivity index is 2.52. The molecule has 0 fully saturated rings. The molecule has 0 aliphatic heterocycles. The third-order valence-electron chi connectivity index (χ3n) is 2.37. The smallest absolute Gasteiger partial charge is 0.124 e. The fraction of sp³-hybridized carbons (Fsp3) is 0.400. The lowest BCUT2D eigenvalue weighted by atomic mass is 10.1. The van der Waals surface area contributed by atoms with Gasteiger partial charge in [0.25, 0.3) is 0 Å². The van der Waals surface area contributed by atoms with E-state index in [-0.39, 0.29) is 5.82 Å². The molecule has 64 valence electrons. The topological polar surface area (TPSA) is 0 Å². The van der Waals surface area contributed by atoms with E-state index in [1.165, 1.54) is 11.1 Å². The summed E-state index contributed by atoms with van der Waals surface area (Å²) in [6, 6.07) is 3.21. The van der Waals surface area contributed by atoms with Gasteiger partial charge in [-0.15, -0.1) is 0 Å². The van der Waals surface area contributed by atoms with Gasteiger partial charge in [-0.1, -0.05) is 22.9 Å². The number of halogens is 2. The van der Waals surface area contributed by atoms with Gasteiger partial charge < -0.3 is 0 Å². The van der Waals surface area contributed by atoms with Crippen molar-refractivity contribution < 1.29 is 4.39 Å². The van der Waals surface area contributed by atoms with Crippen LogP contribution in [0.4, 0.5) is 4.39 Å². The highest BCUT2D eigenvalue weighted by atomic mass is 79.9. The van der Waals surface area contributed by atoms with Crippen molar-refractivity contribution in [2.45, 2.75) is 19.8 Å². The van der Waals surface area contributed by atoms with Crippen LogP contribution in [0.5, 0.6) is 0 Å². The van der Waals surface area contributed by atoms with E-state index in [1.807, 2.05) is 0 Å². The van der Waals surface area contributed by atoms with Crippen LogP contribution in [-0.2, 0) is 12.8 Å². The van der Waals surface area contributed by atoms with E-state index in [0.29, 0.717) is 5.92 Å². The number of hydrogen-bond acceptors (Lipinski definition) is 0. The molecule has 1 aromatic carbocycles. The van der Waals surface area contributed by atoms with Crippen molar-refractivity contribution in [2.75, 3.05) is 0 Å². The molecule has 0 nitrogen and oxygen atoms in total. The quantitative estimate of drug-likeness (QED) is 0.640. The first kappa shape index (κ1) is 8.24. The van der Waals surface area contributed by atoms with E-state index in [2.05, 4.69) is 22.9 Å². The van der Waals surface area contributed by atoms with Gasteiger partial charge in [-0.2, -0.15) is 0 Å². The Bertz CT molecular complexity index is 320. The molecule has 2 heteroatoms. The minimum atomic E-state index is -0.130. The molecule has 0 saturated carbocycles. The van der Waals surface area contributed by atoms with Gasteiger partial charge in [0.15, 0.2) is 0 Å². The van der Waals surface area contributed by atoms with Crippen LogP contribution in [0.2, 0.25) is 0 Å². The first-order valence-electron chi connectivity index (χ1n) is 4.13. The van der Waals surface area contributed by atoms with E-state index < -0.39 is 0 Å². The molecule has 0 aromatic heterocycles. The van der Waals surface area contributed by atoms with E-state index in [9.17, 15) is 4.39 Å². The van der Waals surface area contributed by atoms with Crippen molar-refractivity contribution in [2.24, 2.45) is 5.92 Å². The van der Waals surface area contributed by atoms with E-state index >= 15 is 0 Å². The molecule has 1 aliphatic carbocycles. The van der Waals surface area contributed by atoms with Crippen molar-refractivity contribution >= 4 is 15.9 Å². The third-order valence-corrected chi connectivity index (χ3v) is 3.08. The molecule has 0 bridgehead atoms. The van der Waals surface area contributed by atoms with Crippen LogP contribution < -0.4 is 0 Å². The normalized spacial score (nSPS) is 21.1. The Labute approximate surface area is 79.9 Å². The van der Waals surface area contributed by atoms with E-state index in [4.69, 9.17) is 0 Å². The van der Waals surface area contributed by atoms with Crippen LogP contribution >= 0.6 is 15.9 Å². The Morgan fingerprint density at radius 3 is 2.92 bits per heavy atom. The summed E-state index contributed by atoms with van der Waals surface area (Å²) in [6.45, 7) is 2.20. The molecule has 1 aromatic rings. The highest BCUT2D eigenvalue weighted by molar-refractivity contribution is 9.10. The third kappa shape index (κ3) is 1.28. The average Bonchev–Trinajstić information content (AvgIpc) is 2.29. The van der Waals surface area contributed by atoms with Gasteiger partial charge in [0, 0.05) is 4.47 Å². The zero-order valence-corrected chi connectivity index (χ0v) is 8.49. The van der Waals surface area contributed by atoms with Gasteiger partial charge in [-0.25, -0.2) is 4.39 Å². The SMILES string of the molecule is CC1Cc2cc(F)cc(Br)c2C1. The van der Waals surface area contributed by atoms with Crippen molar-refractivity contribution in [1.29, 1.82) is 0 Å². The maximum Gasteiger partial charge on any atom is 0.124 e. The molecule has 0 saturated heterocycles. The molecule has 2 rings (SSSR count). The number of hydrogen-bond donors (Lipinski definition) is 0. The van der Waals surface area contributed by atoms with Crippen LogP contribution in [0.1, 0.15) is 18.1 Å². The Morgan fingerprint density at radius 2 is 2.17 bits per heavy atom. The molecule has 1 aliphatic rings. The molecule has 1 atom stereocenters. The summed E-state index contributed by atoms with van der Waals surface area (Å²) in [5.41, 5.74) is 2.47. The maximum absolute atomic E-state index is 12.9. The largest absolute Gasteiger partial charge is 0.207 e. The fourth-order valence-electron chi connectivity index (χ4n) is 1.86. The zero-order valence-electron chi connectivity index (χ0n) is 6.90. The summed E-state index contributed by atoms with van der Waals surface area (Å²) >= 11 is 3.39. The standard InChI is InChI=1S/C10H10BrF/c1-6-2-7-4-8(12)5-10(11)9(7)3-6/h4-6H,2-3H2,1H3. The molecular formula is C10H10BrF. The molecule has 0 N–H and O–H groups in total. The molecular weight excluding hydrogens is 219 g/mol. The molecule has 0 heterocycles. The van der Waals surface area contributed by atoms with Crippen LogP contribution in [-0.4, -0.2) is 0 Å². The second kappa shape index (κ2) is 2.84. The van der Waals surface area contributed by atoms with E-state index in [0.717, 1.165) is 17.3 Å². The average molecular weight is 229 g/mol. The predicted molar refractivity (Wildman–Crippen MR) is 50.7 cm³/mol. The molecule has 0 radical (unpaired) electrons. The molecule has 12 heavy (non-hydrogen) atoms. The summed E-state index contributed by atoms with van der Waals surface area (Å²) in [4.78, 5) is 0. The molecule has 0 spiro atoms. The lowest BCUT2D eigenvalue weighted by Crippen LogP contribution is -1.89. The van der Waals surface area contributed by atoms with Crippen molar-refractivity contribution in [3.8, 4) is 0 Å². The summed E-state index contributed by atoms with van der Waals surface area (Å²) in [6.07, 6.45) is 2.10. The Hall–Kier alpha value is -0.370. The van der Waals surface area contributed by atoms with Crippen molar-refractivity contribution in [3.05, 3.63) is 33.5 Å². The second-order valence-corrected chi connectivity index (χ2v) is 4.39. The van der Waals surface area contributed by atoms with Gasteiger partial charge in [0.05, 0.1) is 0 Å². The monoisotopic (exact) mass is 228 g/mol. The number of fused-ring (bicyclic) bond motifs is 1. The fourth-order valence-corrected chi connectivity index (χ4v) is 2.50. The highest BCUT2D eigenvalue weighted by Gasteiger charge is 2.20. The Morgan fingerprint density at radius 1 is 1.42 bits per heavy atom. The van der Waals surface area contributed by atoms with Crippen molar-refractivity contribution in [1.82, 2.24) is 0 Å². The second-order valence-electron chi connectivity index (χ2n) is 3.54. The van der Waals surface area contributed by atoms with Gasteiger partial charge >= 0.3 is 0 Å². The van der Waals surface area contributed by atoms with Crippen molar-refractivity contribution in [3.63, 3.8) is 0 Å². The van der Waals surface area contributed by atoms with Crippen LogP contribution in [0.3, 0.4) is 0 Å². The first-order valence-corrected chi connectivity index (χ1v) is 4.93. The lowest BCUT2D eigenvalue weighted by molar-refractivity contribution is 0.618. The van der Waals surface area contributed by atoms with Gasteiger partial charge in [-0.05, 0) is 42.0 Å². The van der Waals surface area contributed by atoms with Crippen LogP contribution in [0, 0.1) is 11.7 Å². The molecule has 1 unspecified atom stereocenters. The summed E-state index contributed by atoms with van der Waals surface area (Å²) in [5.74, 6) is 0.535. The minimum Gasteiger partial charge on any atom is -0.207 e. The van der Waals surface area contributed by atoms with Crippen LogP contribution in [0.25, 0.3) is 0 Å². The molecule has 0 amide bonds. The van der Waals surface area contributed by atoms with Crippen LogP contribution in [0.15, 0.2) is 16.6 Å². The van der Waals surface area contributed by atoms with Gasteiger partial charge in [0.2, 0.25) is 0 Å².